The van der Waals surface area contributed by atoms with Crippen molar-refractivity contribution in [2.24, 2.45) is 0 Å². The van der Waals surface area contributed by atoms with Crippen LogP contribution in [0.3, 0.4) is 0 Å². The summed E-state index contributed by atoms with van der Waals surface area (Å²) in [6, 6.07) is 8.81. The molecule has 2 heterocycles. The fourth-order valence-electron chi connectivity index (χ4n) is 3.20. The quantitative estimate of drug-likeness (QED) is 0.898. The van der Waals surface area contributed by atoms with E-state index in [4.69, 9.17) is 9.47 Å². The number of carbonyl (C=O) groups excluding carboxylic acids is 1. The Morgan fingerprint density at radius 2 is 1.88 bits per heavy atom. The van der Waals surface area contributed by atoms with Crippen LogP contribution in [0.4, 0.5) is 0 Å². The van der Waals surface area contributed by atoms with Crippen LogP contribution in [0, 0.1) is 0 Å². The molecule has 0 spiro atoms. The standard InChI is InChI=1S/C19H23N3O4/c1-21-8-9-22(19(24)14-5-7-18(23)20-11-14)12-15(21)13-4-6-16(25-2)17(10-13)26-3/h4-7,10-11,15H,8-9,12H2,1-3H3,(H,20,23). The number of ether oxygens (including phenoxy) is 2. The monoisotopic (exact) mass is 357 g/mol. The fraction of sp³-hybridized carbons (Fsp3) is 0.368. The van der Waals surface area contributed by atoms with E-state index < -0.39 is 0 Å². The van der Waals surface area contributed by atoms with E-state index in [2.05, 4.69) is 9.88 Å². The number of piperazine rings is 1. The third-order valence-corrected chi connectivity index (χ3v) is 4.76. The lowest BCUT2D eigenvalue weighted by Gasteiger charge is -2.39. The van der Waals surface area contributed by atoms with Gasteiger partial charge < -0.3 is 19.4 Å². The van der Waals surface area contributed by atoms with E-state index in [1.54, 1.807) is 20.3 Å². The molecule has 1 unspecified atom stereocenters. The Labute approximate surface area is 152 Å². The minimum Gasteiger partial charge on any atom is -0.493 e. The van der Waals surface area contributed by atoms with Gasteiger partial charge in [-0.05, 0) is 30.8 Å². The molecule has 0 saturated carbocycles. The van der Waals surface area contributed by atoms with Crippen LogP contribution in [0.25, 0.3) is 0 Å². The molecule has 1 aromatic heterocycles. The number of carbonyl (C=O) groups is 1. The molecule has 1 saturated heterocycles. The Bertz CT molecular complexity index is 828. The SMILES string of the molecule is COc1ccc(C2CN(C(=O)c3ccc(=O)[nH]c3)CCN2C)cc1OC. The van der Waals surface area contributed by atoms with Gasteiger partial charge in [-0.15, -0.1) is 0 Å². The average molecular weight is 357 g/mol. The molecular weight excluding hydrogens is 334 g/mol. The van der Waals surface area contributed by atoms with Gasteiger partial charge in [0.15, 0.2) is 11.5 Å². The molecule has 138 valence electrons. The van der Waals surface area contributed by atoms with Gasteiger partial charge >= 0.3 is 0 Å². The highest BCUT2D eigenvalue weighted by Crippen LogP contribution is 2.33. The van der Waals surface area contributed by atoms with E-state index in [0.717, 1.165) is 12.1 Å². The molecular formula is C19H23N3O4. The number of likely N-dealkylation sites (N-methyl/N-ethyl adjacent to an activating group) is 1. The first-order chi connectivity index (χ1) is 12.5. The normalized spacial score (nSPS) is 17.8. The van der Waals surface area contributed by atoms with Crippen molar-refractivity contribution in [3.8, 4) is 11.5 Å². The lowest BCUT2D eigenvalue weighted by Crippen LogP contribution is -2.49. The summed E-state index contributed by atoms with van der Waals surface area (Å²) in [7, 11) is 5.26. The van der Waals surface area contributed by atoms with Gasteiger partial charge in [0.2, 0.25) is 5.56 Å². The number of hydrogen-bond donors (Lipinski definition) is 1. The molecule has 7 heteroatoms. The number of aromatic nitrogens is 1. The molecule has 1 amide bonds. The average Bonchev–Trinajstić information content (AvgIpc) is 2.68. The highest BCUT2D eigenvalue weighted by atomic mass is 16.5. The van der Waals surface area contributed by atoms with Crippen LogP contribution >= 0.6 is 0 Å². The summed E-state index contributed by atoms with van der Waals surface area (Å²) < 4.78 is 10.7. The maximum Gasteiger partial charge on any atom is 0.255 e. The summed E-state index contributed by atoms with van der Waals surface area (Å²) in [5.41, 5.74) is 1.33. The molecule has 1 atom stereocenters. The zero-order chi connectivity index (χ0) is 18.7. The smallest absolute Gasteiger partial charge is 0.255 e. The third-order valence-electron chi connectivity index (χ3n) is 4.76. The van der Waals surface area contributed by atoms with E-state index in [0.29, 0.717) is 30.2 Å². The van der Waals surface area contributed by atoms with Crippen LogP contribution in [0.1, 0.15) is 22.0 Å². The van der Waals surface area contributed by atoms with Crippen molar-refractivity contribution in [2.45, 2.75) is 6.04 Å². The predicted molar refractivity (Wildman–Crippen MR) is 97.9 cm³/mol. The van der Waals surface area contributed by atoms with E-state index in [-0.39, 0.29) is 17.5 Å². The van der Waals surface area contributed by atoms with Crippen molar-refractivity contribution in [3.63, 3.8) is 0 Å². The molecule has 1 aliphatic rings. The summed E-state index contributed by atoms with van der Waals surface area (Å²) in [6.45, 7) is 1.95. The molecule has 7 nitrogen and oxygen atoms in total. The molecule has 1 fully saturated rings. The number of nitrogens with zero attached hydrogens (tertiary/aromatic N) is 2. The zero-order valence-corrected chi connectivity index (χ0v) is 15.2. The maximum atomic E-state index is 12.8. The van der Waals surface area contributed by atoms with Crippen molar-refractivity contribution >= 4 is 5.91 Å². The van der Waals surface area contributed by atoms with Crippen molar-refractivity contribution in [1.29, 1.82) is 0 Å². The van der Waals surface area contributed by atoms with Crippen molar-refractivity contribution in [1.82, 2.24) is 14.8 Å². The van der Waals surface area contributed by atoms with Crippen molar-refractivity contribution in [2.75, 3.05) is 40.9 Å². The Hall–Kier alpha value is -2.80. The van der Waals surface area contributed by atoms with Crippen LogP contribution in [0.5, 0.6) is 11.5 Å². The van der Waals surface area contributed by atoms with E-state index in [1.165, 1.54) is 12.3 Å². The van der Waals surface area contributed by atoms with Gasteiger partial charge in [-0.2, -0.15) is 0 Å². The second-order valence-electron chi connectivity index (χ2n) is 6.30. The second-order valence-corrected chi connectivity index (χ2v) is 6.30. The Morgan fingerprint density at radius 1 is 1.12 bits per heavy atom. The number of hydrogen-bond acceptors (Lipinski definition) is 5. The number of amides is 1. The molecule has 0 bridgehead atoms. The Kier molecular flexibility index (Phi) is 5.27. The largest absolute Gasteiger partial charge is 0.493 e. The second kappa shape index (κ2) is 7.61. The van der Waals surface area contributed by atoms with Gasteiger partial charge in [0, 0.05) is 31.9 Å². The van der Waals surface area contributed by atoms with Gasteiger partial charge in [0.05, 0.1) is 25.8 Å². The molecule has 1 N–H and O–H groups in total. The summed E-state index contributed by atoms with van der Waals surface area (Å²) >= 11 is 0. The minimum absolute atomic E-state index is 0.0512. The van der Waals surface area contributed by atoms with Crippen LogP contribution in [0.15, 0.2) is 41.3 Å². The molecule has 3 rings (SSSR count). The lowest BCUT2D eigenvalue weighted by molar-refractivity contribution is 0.0545. The Balaban J connectivity index is 1.83. The first-order valence-electron chi connectivity index (χ1n) is 8.43. The number of H-pyrrole nitrogens is 1. The summed E-state index contributed by atoms with van der Waals surface area (Å²) in [6.07, 6.45) is 1.47. The van der Waals surface area contributed by atoms with E-state index >= 15 is 0 Å². The maximum absolute atomic E-state index is 12.8. The minimum atomic E-state index is -0.219. The first-order valence-corrected chi connectivity index (χ1v) is 8.43. The zero-order valence-electron chi connectivity index (χ0n) is 15.2. The summed E-state index contributed by atoms with van der Waals surface area (Å²) in [5.74, 6) is 1.26. The van der Waals surface area contributed by atoms with Gasteiger partial charge in [-0.3, -0.25) is 14.5 Å². The summed E-state index contributed by atoms with van der Waals surface area (Å²) in [5, 5.41) is 0. The van der Waals surface area contributed by atoms with E-state index in [9.17, 15) is 9.59 Å². The predicted octanol–water partition coefficient (Wildman–Crippen LogP) is 1.52. The number of pyridine rings is 1. The van der Waals surface area contributed by atoms with Crippen LogP contribution in [0.2, 0.25) is 0 Å². The first kappa shape index (κ1) is 18.0. The number of aromatic amines is 1. The molecule has 1 aliphatic heterocycles. The van der Waals surface area contributed by atoms with Gasteiger partial charge in [-0.25, -0.2) is 0 Å². The molecule has 0 radical (unpaired) electrons. The fourth-order valence-corrected chi connectivity index (χ4v) is 3.20. The molecule has 2 aromatic rings. The third kappa shape index (κ3) is 3.57. The van der Waals surface area contributed by atoms with Crippen molar-refractivity contribution in [3.05, 3.63) is 58.0 Å². The van der Waals surface area contributed by atoms with Gasteiger partial charge in [0.1, 0.15) is 0 Å². The number of nitrogens with one attached hydrogen (secondary N) is 1. The van der Waals surface area contributed by atoms with Crippen LogP contribution in [-0.4, -0.2) is 61.6 Å². The highest BCUT2D eigenvalue weighted by Gasteiger charge is 2.29. The van der Waals surface area contributed by atoms with Crippen LogP contribution < -0.4 is 15.0 Å². The van der Waals surface area contributed by atoms with Crippen molar-refractivity contribution < 1.29 is 14.3 Å². The number of rotatable bonds is 4. The highest BCUT2D eigenvalue weighted by molar-refractivity contribution is 5.94. The van der Waals surface area contributed by atoms with Gasteiger partial charge in [-0.1, -0.05) is 6.07 Å². The Morgan fingerprint density at radius 3 is 2.54 bits per heavy atom. The topological polar surface area (TPSA) is 74.9 Å². The number of methoxy groups -OCH3 is 2. The van der Waals surface area contributed by atoms with Gasteiger partial charge in [0.25, 0.3) is 5.91 Å². The molecule has 1 aromatic carbocycles. The van der Waals surface area contributed by atoms with Crippen LogP contribution in [-0.2, 0) is 0 Å². The summed E-state index contributed by atoms with van der Waals surface area (Å²) in [4.78, 5) is 30.6. The van der Waals surface area contributed by atoms with E-state index in [1.807, 2.05) is 30.1 Å². The molecule has 0 aliphatic carbocycles. The number of benzene rings is 1. The molecule has 26 heavy (non-hydrogen) atoms. The lowest BCUT2D eigenvalue weighted by atomic mass is 10.0.